The van der Waals surface area contributed by atoms with Gasteiger partial charge in [-0.2, -0.15) is 0 Å². The van der Waals surface area contributed by atoms with E-state index in [1.54, 1.807) is 4.90 Å². The molecule has 0 radical (unpaired) electrons. The van der Waals surface area contributed by atoms with E-state index in [1.165, 1.54) is 0 Å². The Morgan fingerprint density at radius 1 is 1.38 bits per heavy atom. The van der Waals surface area contributed by atoms with Crippen molar-refractivity contribution >= 4 is 10.6 Å². The van der Waals surface area contributed by atoms with Gasteiger partial charge < -0.3 is 0 Å². The molecule has 1 aromatic carbocycles. The first kappa shape index (κ1) is 10.2. The summed E-state index contributed by atoms with van der Waals surface area (Å²) in [6, 6.07) is 7.90. The second kappa shape index (κ2) is 4.40. The van der Waals surface area contributed by atoms with E-state index in [0.717, 1.165) is 11.1 Å². The van der Waals surface area contributed by atoms with Gasteiger partial charge in [0.1, 0.15) is 0 Å². The van der Waals surface area contributed by atoms with Crippen LogP contribution in [-0.4, -0.2) is 29.6 Å². The van der Waals surface area contributed by atoms with Crippen molar-refractivity contribution in [1.82, 2.24) is 4.90 Å². The van der Waals surface area contributed by atoms with Crippen LogP contribution >= 0.6 is 0 Å². The fourth-order valence-electron chi connectivity index (χ4n) is 1.07. The first-order chi connectivity index (χ1) is 6.16. The maximum atomic E-state index is 7.83. The Labute approximate surface area is 87.6 Å². The van der Waals surface area contributed by atoms with Crippen molar-refractivity contribution < 1.29 is 17.0 Å². The molecule has 1 rings (SSSR count). The molecule has 3 heteroatoms. The van der Waals surface area contributed by atoms with E-state index in [4.69, 9.17) is 5.41 Å². The van der Waals surface area contributed by atoms with Gasteiger partial charge >= 0.3 is 87.3 Å². The van der Waals surface area contributed by atoms with Gasteiger partial charge in [-0.15, -0.1) is 0 Å². The van der Waals surface area contributed by atoms with Gasteiger partial charge in [0.2, 0.25) is 0 Å². The maximum absolute atomic E-state index is 7.83. The van der Waals surface area contributed by atoms with Gasteiger partial charge in [0.15, 0.2) is 0 Å². The van der Waals surface area contributed by atoms with Crippen LogP contribution in [0.1, 0.15) is 11.1 Å². The van der Waals surface area contributed by atoms with Crippen LogP contribution < -0.4 is 0 Å². The van der Waals surface area contributed by atoms with Gasteiger partial charge in [0.05, 0.1) is 0 Å². The molecule has 67 valence electrons. The third-order valence-corrected chi connectivity index (χ3v) is 2.24. The quantitative estimate of drug-likeness (QED) is 0.578. The second-order valence-corrected chi connectivity index (χ2v) is 3.36. The Morgan fingerprint density at radius 3 is 2.54 bits per heavy atom. The van der Waals surface area contributed by atoms with E-state index in [9.17, 15) is 0 Å². The van der Waals surface area contributed by atoms with Crippen molar-refractivity contribution in [3.63, 3.8) is 0 Å². The van der Waals surface area contributed by atoms with Crippen molar-refractivity contribution in [2.75, 3.05) is 14.1 Å². The molecule has 0 atom stereocenters. The minimum atomic E-state index is 0.540. The molecule has 0 aliphatic carbocycles. The van der Waals surface area contributed by atoms with E-state index in [2.05, 4.69) is 17.0 Å². The summed E-state index contributed by atoms with van der Waals surface area (Å²) in [6.45, 7) is 0. The molecular formula is C10H12N2V. The van der Waals surface area contributed by atoms with Crippen LogP contribution in [0.5, 0.6) is 0 Å². The fourth-order valence-corrected chi connectivity index (χ4v) is 1.42. The number of rotatable bonds is 2. The van der Waals surface area contributed by atoms with Crippen molar-refractivity contribution in [3.8, 4) is 0 Å². The molecule has 0 bridgehead atoms. The van der Waals surface area contributed by atoms with Gasteiger partial charge in [-0.1, -0.05) is 0 Å². The summed E-state index contributed by atoms with van der Waals surface area (Å²) in [7, 11) is 3.76. The Bertz CT molecular complexity index is 331. The molecule has 0 aliphatic rings. The summed E-state index contributed by atoms with van der Waals surface area (Å²) in [4.78, 5) is 1.80. The van der Waals surface area contributed by atoms with Crippen LogP contribution in [0, 0.1) is 5.41 Å². The topological polar surface area (TPSA) is 27.1 Å². The van der Waals surface area contributed by atoms with Crippen LogP contribution in [0.2, 0.25) is 0 Å². The predicted molar refractivity (Wildman–Crippen MR) is 52.1 cm³/mol. The Balaban J connectivity index is 3.13. The van der Waals surface area contributed by atoms with Crippen LogP contribution in [0.4, 0.5) is 0 Å². The SMILES string of the molecule is CN(C)C(=N)c1ccccc1[CH]=[V]. The minimum absolute atomic E-state index is 0.540. The standard InChI is InChI=1S/C10H12N2.V/c1-8-6-4-5-7-9(8)10(11)12(2)3;/h1,4-7,11H,2-3H3;. The van der Waals surface area contributed by atoms with E-state index >= 15 is 0 Å². The number of hydrogen-bond acceptors (Lipinski definition) is 1. The summed E-state index contributed by atoms with van der Waals surface area (Å²) >= 11 is 2.42. The van der Waals surface area contributed by atoms with Crippen molar-refractivity contribution in [3.05, 3.63) is 35.4 Å². The number of nitrogens with one attached hydrogen (secondary N) is 1. The van der Waals surface area contributed by atoms with E-state index in [0.29, 0.717) is 5.84 Å². The average Bonchev–Trinajstić information content (AvgIpc) is 2.16. The second-order valence-electron chi connectivity index (χ2n) is 2.96. The van der Waals surface area contributed by atoms with E-state index in [1.807, 2.05) is 43.1 Å². The monoisotopic (exact) mass is 211 g/mol. The van der Waals surface area contributed by atoms with Gasteiger partial charge in [-0.05, 0) is 0 Å². The zero-order chi connectivity index (χ0) is 9.84. The van der Waals surface area contributed by atoms with Gasteiger partial charge in [-0.3, -0.25) is 0 Å². The molecule has 0 saturated heterocycles. The number of benzene rings is 1. The average molecular weight is 211 g/mol. The van der Waals surface area contributed by atoms with Crippen molar-refractivity contribution in [1.29, 1.82) is 5.41 Å². The van der Waals surface area contributed by atoms with E-state index in [-0.39, 0.29) is 0 Å². The Hall–Kier alpha value is -0.856. The molecule has 1 N–H and O–H groups in total. The van der Waals surface area contributed by atoms with Gasteiger partial charge in [0.25, 0.3) is 0 Å². The summed E-state index contributed by atoms with van der Waals surface area (Å²) in [6.07, 6.45) is 0. The fraction of sp³-hybridized carbons (Fsp3) is 0.200. The third kappa shape index (κ3) is 2.30. The van der Waals surface area contributed by atoms with Crippen LogP contribution in [0.25, 0.3) is 0 Å². The predicted octanol–water partition coefficient (Wildman–Crippen LogP) is 1.27. The van der Waals surface area contributed by atoms with Crippen LogP contribution in [0.3, 0.4) is 0 Å². The number of amidine groups is 1. The molecule has 0 heterocycles. The Kier molecular flexibility index (Phi) is 3.46. The normalized spacial score (nSPS) is 9.31. The zero-order valence-electron chi connectivity index (χ0n) is 7.78. The molecule has 0 saturated carbocycles. The zero-order valence-corrected chi connectivity index (χ0v) is 9.18. The molecule has 13 heavy (non-hydrogen) atoms. The summed E-state index contributed by atoms with van der Waals surface area (Å²) in [5, 5.41) is 7.83. The van der Waals surface area contributed by atoms with Crippen molar-refractivity contribution in [2.24, 2.45) is 0 Å². The number of hydrogen-bond donors (Lipinski definition) is 1. The molecular weight excluding hydrogens is 199 g/mol. The molecule has 2 nitrogen and oxygen atoms in total. The molecule has 0 aromatic heterocycles. The van der Waals surface area contributed by atoms with Gasteiger partial charge in [0, 0.05) is 0 Å². The third-order valence-electron chi connectivity index (χ3n) is 1.80. The first-order valence-corrected chi connectivity index (χ1v) is 4.80. The van der Waals surface area contributed by atoms with E-state index < -0.39 is 0 Å². The van der Waals surface area contributed by atoms with Crippen molar-refractivity contribution in [2.45, 2.75) is 0 Å². The molecule has 0 unspecified atom stereocenters. The molecule has 0 aliphatic heterocycles. The Morgan fingerprint density at radius 2 is 2.00 bits per heavy atom. The van der Waals surface area contributed by atoms with Gasteiger partial charge in [-0.25, -0.2) is 0 Å². The molecule has 1 aromatic rings. The molecule has 0 spiro atoms. The first-order valence-electron chi connectivity index (χ1n) is 3.99. The van der Waals surface area contributed by atoms with Crippen LogP contribution in [0.15, 0.2) is 24.3 Å². The summed E-state index contributed by atoms with van der Waals surface area (Å²) in [5.74, 6) is 0.540. The van der Waals surface area contributed by atoms with Crippen LogP contribution in [-0.2, 0) is 17.0 Å². The molecule has 0 fully saturated rings. The summed E-state index contributed by atoms with van der Waals surface area (Å²) in [5.41, 5.74) is 2.05. The molecule has 0 amide bonds. The number of nitrogens with zero attached hydrogens (tertiary/aromatic N) is 1. The summed E-state index contributed by atoms with van der Waals surface area (Å²) < 4.78 is 1.96.